The third kappa shape index (κ3) is 5.12. The standard InChI is InChI=1S/C24H24N2/c1-19(13-14-20(2)25-22-9-5-3-6-10-22)21-15-17-24(18-16-21)26-23-11-7-4-8-12-23/h3-15,17,25-26H,1-2,16,18H2/b14-13-. The van der Waals surface area contributed by atoms with Crippen LogP contribution in [0.2, 0.25) is 0 Å². The highest BCUT2D eigenvalue weighted by Crippen LogP contribution is 2.25. The lowest BCUT2D eigenvalue weighted by Gasteiger charge is -2.17. The number of allylic oxidation sites excluding steroid dienone is 7. The number of para-hydroxylation sites is 2. The third-order valence-corrected chi connectivity index (χ3v) is 4.20. The molecule has 0 atom stereocenters. The maximum atomic E-state index is 4.19. The summed E-state index contributed by atoms with van der Waals surface area (Å²) in [7, 11) is 0. The van der Waals surface area contributed by atoms with Gasteiger partial charge in [-0.3, -0.25) is 0 Å². The summed E-state index contributed by atoms with van der Waals surface area (Å²) in [5, 5.41) is 6.73. The van der Waals surface area contributed by atoms with Gasteiger partial charge in [0.1, 0.15) is 0 Å². The van der Waals surface area contributed by atoms with Crippen LogP contribution in [0.1, 0.15) is 12.8 Å². The van der Waals surface area contributed by atoms with Crippen molar-refractivity contribution >= 4 is 11.4 Å². The molecule has 2 N–H and O–H groups in total. The molecule has 0 saturated heterocycles. The van der Waals surface area contributed by atoms with Gasteiger partial charge in [-0.05, 0) is 60.4 Å². The van der Waals surface area contributed by atoms with E-state index in [1.807, 2.05) is 60.7 Å². The van der Waals surface area contributed by atoms with Gasteiger partial charge in [0.15, 0.2) is 0 Å². The molecule has 1 aliphatic carbocycles. The highest BCUT2D eigenvalue weighted by molar-refractivity contribution is 5.53. The van der Waals surface area contributed by atoms with Gasteiger partial charge in [0.2, 0.25) is 0 Å². The number of hydrogen-bond donors (Lipinski definition) is 2. The SMILES string of the molecule is C=C(/C=C\C(=C)C1=CC=C(Nc2ccccc2)CC1)Nc1ccccc1. The maximum absolute atomic E-state index is 4.19. The normalized spacial score (nSPS) is 13.7. The Morgan fingerprint density at radius 2 is 1.42 bits per heavy atom. The lowest BCUT2D eigenvalue weighted by molar-refractivity contribution is 0.924. The van der Waals surface area contributed by atoms with E-state index >= 15 is 0 Å². The molecule has 2 heteroatoms. The van der Waals surface area contributed by atoms with Crippen LogP contribution in [0.5, 0.6) is 0 Å². The summed E-state index contributed by atoms with van der Waals surface area (Å²) in [6.45, 7) is 8.24. The van der Waals surface area contributed by atoms with E-state index in [4.69, 9.17) is 0 Å². The fourth-order valence-corrected chi connectivity index (χ4v) is 2.77. The second kappa shape index (κ2) is 8.72. The van der Waals surface area contributed by atoms with Crippen LogP contribution in [0.4, 0.5) is 11.4 Å². The van der Waals surface area contributed by atoms with Crippen LogP contribution in [0, 0.1) is 0 Å². The van der Waals surface area contributed by atoms with Crippen molar-refractivity contribution in [1.82, 2.24) is 0 Å². The maximum Gasteiger partial charge on any atom is 0.0384 e. The van der Waals surface area contributed by atoms with Gasteiger partial charge >= 0.3 is 0 Å². The van der Waals surface area contributed by atoms with Gasteiger partial charge in [-0.15, -0.1) is 0 Å². The van der Waals surface area contributed by atoms with E-state index in [-0.39, 0.29) is 0 Å². The van der Waals surface area contributed by atoms with Crippen LogP contribution in [0.25, 0.3) is 0 Å². The smallest absolute Gasteiger partial charge is 0.0384 e. The number of rotatable bonds is 7. The number of anilines is 2. The predicted molar refractivity (Wildman–Crippen MR) is 113 cm³/mol. The summed E-state index contributed by atoms with van der Waals surface area (Å²) in [5.74, 6) is 0. The molecule has 130 valence electrons. The Morgan fingerprint density at radius 3 is 2.04 bits per heavy atom. The summed E-state index contributed by atoms with van der Waals surface area (Å²) in [4.78, 5) is 0. The van der Waals surface area contributed by atoms with Gasteiger partial charge < -0.3 is 10.6 Å². The molecule has 0 fully saturated rings. The Morgan fingerprint density at radius 1 is 0.769 bits per heavy atom. The molecular weight excluding hydrogens is 316 g/mol. The molecule has 0 aromatic heterocycles. The average molecular weight is 340 g/mol. The Hall–Kier alpha value is -3.26. The molecule has 0 spiro atoms. The summed E-state index contributed by atoms with van der Waals surface area (Å²) >= 11 is 0. The molecule has 2 aromatic carbocycles. The molecule has 2 aromatic rings. The zero-order valence-corrected chi connectivity index (χ0v) is 14.9. The molecule has 1 aliphatic rings. The monoisotopic (exact) mass is 340 g/mol. The fraction of sp³-hybridized carbons (Fsp3) is 0.0833. The van der Waals surface area contributed by atoms with Crippen molar-refractivity contribution in [1.29, 1.82) is 0 Å². The van der Waals surface area contributed by atoms with Crippen molar-refractivity contribution in [2.45, 2.75) is 12.8 Å². The predicted octanol–water partition coefficient (Wildman–Crippen LogP) is 6.44. The molecule has 26 heavy (non-hydrogen) atoms. The Bertz CT molecular complexity index is 856. The first-order valence-corrected chi connectivity index (χ1v) is 8.81. The number of nitrogens with one attached hydrogen (secondary N) is 2. The minimum atomic E-state index is 0.843. The zero-order valence-electron chi connectivity index (χ0n) is 14.9. The number of hydrogen-bond acceptors (Lipinski definition) is 2. The Kier molecular flexibility index (Phi) is 5.89. The Labute approximate surface area is 156 Å². The first kappa shape index (κ1) is 17.6. The van der Waals surface area contributed by atoms with Crippen LogP contribution in [-0.4, -0.2) is 0 Å². The largest absolute Gasteiger partial charge is 0.359 e. The molecule has 2 nitrogen and oxygen atoms in total. The molecule has 0 aliphatic heterocycles. The van der Waals surface area contributed by atoms with Gasteiger partial charge in [-0.1, -0.05) is 61.7 Å². The van der Waals surface area contributed by atoms with Gasteiger partial charge in [0.25, 0.3) is 0 Å². The van der Waals surface area contributed by atoms with Crippen molar-refractivity contribution in [3.63, 3.8) is 0 Å². The lowest BCUT2D eigenvalue weighted by Crippen LogP contribution is -2.03. The second-order valence-electron chi connectivity index (χ2n) is 6.25. The van der Waals surface area contributed by atoms with Gasteiger partial charge in [-0.25, -0.2) is 0 Å². The molecule has 0 bridgehead atoms. The third-order valence-electron chi connectivity index (χ3n) is 4.20. The highest BCUT2D eigenvalue weighted by atomic mass is 14.9. The summed E-state index contributed by atoms with van der Waals surface area (Å²) in [6, 6.07) is 20.3. The van der Waals surface area contributed by atoms with E-state index < -0.39 is 0 Å². The lowest BCUT2D eigenvalue weighted by atomic mass is 9.96. The number of benzene rings is 2. The molecular formula is C24H24N2. The van der Waals surface area contributed by atoms with Crippen LogP contribution in [-0.2, 0) is 0 Å². The van der Waals surface area contributed by atoms with E-state index in [1.54, 1.807) is 0 Å². The van der Waals surface area contributed by atoms with Gasteiger partial charge in [0, 0.05) is 22.8 Å². The van der Waals surface area contributed by atoms with Crippen molar-refractivity contribution in [3.05, 3.63) is 121 Å². The summed E-state index contributed by atoms with van der Waals surface area (Å²) in [5.41, 5.74) is 6.51. The van der Waals surface area contributed by atoms with E-state index in [1.165, 1.54) is 11.3 Å². The summed E-state index contributed by atoms with van der Waals surface area (Å²) < 4.78 is 0. The van der Waals surface area contributed by atoms with E-state index in [0.717, 1.165) is 35.5 Å². The molecule has 0 unspecified atom stereocenters. The van der Waals surface area contributed by atoms with Crippen molar-refractivity contribution in [3.8, 4) is 0 Å². The van der Waals surface area contributed by atoms with Crippen LogP contribution < -0.4 is 10.6 Å². The van der Waals surface area contributed by atoms with Crippen molar-refractivity contribution in [2.75, 3.05) is 10.6 Å². The second-order valence-corrected chi connectivity index (χ2v) is 6.25. The fourth-order valence-electron chi connectivity index (χ4n) is 2.77. The molecule has 0 heterocycles. The van der Waals surface area contributed by atoms with Gasteiger partial charge in [-0.2, -0.15) is 0 Å². The van der Waals surface area contributed by atoms with E-state index in [2.05, 4.69) is 48.1 Å². The summed E-state index contributed by atoms with van der Waals surface area (Å²) in [6.07, 6.45) is 10.2. The topological polar surface area (TPSA) is 24.1 Å². The van der Waals surface area contributed by atoms with E-state index in [0.29, 0.717) is 0 Å². The highest BCUT2D eigenvalue weighted by Gasteiger charge is 2.08. The van der Waals surface area contributed by atoms with Crippen LogP contribution >= 0.6 is 0 Å². The first-order chi connectivity index (χ1) is 12.7. The first-order valence-electron chi connectivity index (χ1n) is 8.81. The van der Waals surface area contributed by atoms with Crippen molar-refractivity contribution < 1.29 is 0 Å². The molecule has 0 amide bonds. The molecule has 0 radical (unpaired) electrons. The van der Waals surface area contributed by atoms with Crippen LogP contribution in [0.3, 0.4) is 0 Å². The quantitative estimate of drug-likeness (QED) is 0.567. The minimum Gasteiger partial charge on any atom is -0.359 e. The van der Waals surface area contributed by atoms with Crippen molar-refractivity contribution in [2.24, 2.45) is 0 Å². The molecule has 3 rings (SSSR count). The van der Waals surface area contributed by atoms with Gasteiger partial charge in [0.05, 0.1) is 0 Å². The average Bonchev–Trinajstić information content (AvgIpc) is 2.68. The zero-order chi connectivity index (χ0) is 18.2. The minimum absolute atomic E-state index is 0.843. The van der Waals surface area contributed by atoms with E-state index in [9.17, 15) is 0 Å². The van der Waals surface area contributed by atoms with Crippen LogP contribution in [0.15, 0.2) is 121 Å². The molecule has 0 saturated carbocycles. The Balaban J connectivity index is 1.55.